The molecule has 0 radical (unpaired) electrons. The maximum atomic E-state index is 13.1. The lowest BCUT2D eigenvalue weighted by Crippen LogP contribution is -2.24. The Morgan fingerprint density at radius 2 is 1.65 bits per heavy atom. The summed E-state index contributed by atoms with van der Waals surface area (Å²) in [6, 6.07) is 11.7. The van der Waals surface area contributed by atoms with Gasteiger partial charge in [0.05, 0.1) is 24.2 Å². The van der Waals surface area contributed by atoms with Crippen molar-refractivity contribution in [3.63, 3.8) is 0 Å². The summed E-state index contributed by atoms with van der Waals surface area (Å²) in [7, 11) is -3.56. The lowest BCUT2D eigenvalue weighted by molar-refractivity contribution is 0.230. The Hall–Kier alpha value is -1.18. The topological polar surface area (TPSA) is 76.7 Å². The molecule has 0 aromatic heterocycles. The second-order valence-electron chi connectivity index (χ2n) is 5.08. The normalized spacial score (nSPS) is 11.2. The molecular weight excluding hydrogens is 487 g/mol. The van der Waals surface area contributed by atoms with Crippen molar-refractivity contribution < 1.29 is 18.4 Å². The summed E-state index contributed by atoms with van der Waals surface area (Å²) in [5, 5.41) is 5.73. The van der Waals surface area contributed by atoms with Crippen LogP contribution < -0.4 is 15.9 Å². The molecule has 26 heavy (non-hydrogen) atoms. The van der Waals surface area contributed by atoms with Crippen LogP contribution in [0.3, 0.4) is 0 Å². The van der Waals surface area contributed by atoms with Crippen LogP contribution in [-0.2, 0) is 13.6 Å². The van der Waals surface area contributed by atoms with Crippen LogP contribution in [0, 0.1) is 0 Å². The molecule has 0 atom stereocenters. The number of nitrogens with one attached hydrogen (secondary N) is 2. The van der Waals surface area contributed by atoms with Crippen LogP contribution in [0.15, 0.2) is 51.4 Å². The molecule has 2 N–H and O–H groups in total. The standard InChI is InChI=1S/C17H19Br2N2O4P/c1-3-24-26(23,25-4-2)16-11-13(19)8-9-15(16)21-17(22)20-14-7-5-6-12(18)10-14/h5-11H,3-4H2,1-2H3,(H2,20,21,22). The Morgan fingerprint density at radius 3 is 2.27 bits per heavy atom. The summed E-state index contributed by atoms with van der Waals surface area (Å²) in [6.45, 7) is 3.90. The lowest BCUT2D eigenvalue weighted by atomic mass is 10.3. The molecule has 2 amide bonds. The highest BCUT2D eigenvalue weighted by Crippen LogP contribution is 2.49. The van der Waals surface area contributed by atoms with E-state index < -0.39 is 13.6 Å². The van der Waals surface area contributed by atoms with E-state index in [1.54, 1.807) is 44.2 Å². The Kier molecular flexibility index (Phi) is 7.85. The van der Waals surface area contributed by atoms with Crippen molar-refractivity contribution in [1.82, 2.24) is 0 Å². The number of halogens is 2. The average molecular weight is 506 g/mol. The quantitative estimate of drug-likeness (QED) is 0.470. The summed E-state index contributed by atoms with van der Waals surface area (Å²) in [5.41, 5.74) is 0.972. The fraction of sp³-hybridized carbons (Fsp3) is 0.235. The van der Waals surface area contributed by atoms with E-state index in [2.05, 4.69) is 42.5 Å². The van der Waals surface area contributed by atoms with Crippen LogP contribution >= 0.6 is 39.5 Å². The highest BCUT2D eigenvalue weighted by Gasteiger charge is 2.30. The monoisotopic (exact) mass is 504 g/mol. The fourth-order valence-corrected chi connectivity index (χ4v) is 4.90. The van der Waals surface area contributed by atoms with Crippen LogP contribution in [0.1, 0.15) is 13.8 Å². The smallest absolute Gasteiger partial charge is 0.308 e. The molecule has 0 aliphatic rings. The predicted molar refractivity (Wildman–Crippen MR) is 111 cm³/mol. The van der Waals surface area contributed by atoms with Gasteiger partial charge >= 0.3 is 13.6 Å². The molecule has 140 valence electrons. The number of hydrogen-bond acceptors (Lipinski definition) is 4. The third-order valence-electron chi connectivity index (χ3n) is 3.18. The Bertz CT molecular complexity index is 822. The maximum absolute atomic E-state index is 13.1. The first-order valence-corrected chi connectivity index (χ1v) is 11.0. The van der Waals surface area contributed by atoms with Crippen LogP contribution in [0.5, 0.6) is 0 Å². The van der Waals surface area contributed by atoms with Crippen LogP contribution in [0.4, 0.5) is 16.2 Å². The first-order valence-electron chi connectivity index (χ1n) is 7.90. The van der Waals surface area contributed by atoms with Crippen LogP contribution in [0.25, 0.3) is 0 Å². The number of carbonyl (C=O) groups is 1. The third-order valence-corrected chi connectivity index (χ3v) is 6.33. The van der Waals surface area contributed by atoms with Gasteiger partial charge in [-0.15, -0.1) is 0 Å². The van der Waals surface area contributed by atoms with Gasteiger partial charge in [0.2, 0.25) is 0 Å². The van der Waals surface area contributed by atoms with Crippen molar-refractivity contribution in [3.05, 3.63) is 51.4 Å². The SMILES string of the molecule is CCOP(=O)(OCC)c1cc(Br)ccc1NC(=O)Nc1cccc(Br)c1. The Labute approximate surface area is 169 Å². The van der Waals surface area contributed by atoms with Gasteiger partial charge < -0.3 is 19.7 Å². The zero-order chi connectivity index (χ0) is 19.2. The largest absolute Gasteiger partial charge is 0.363 e. The summed E-state index contributed by atoms with van der Waals surface area (Å²) in [6.07, 6.45) is 0. The highest BCUT2D eigenvalue weighted by molar-refractivity contribution is 9.10. The van der Waals surface area contributed by atoms with E-state index in [-0.39, 0.29) is 13.2 Å². The molecule has 6 nitrogen and oxygen atoms in total. The molecule has 0 aliphatic carbocycles. The molecule has 0 bridgehead atoms. The lowest BCUT2D eigenvalue weighted by Gasteiger charge is -2.20. The summed E-state index contributed by atoms with van der Waals surface area (Å²) < 4.78 is 25.5. The van der Waals surface area contributed by atoms with Gasteiger partial charge in [-0.2, -0.15) is 0 Å². The van der Waals surface area contributed by atoms with Gasteiger partial charge in [-0.3, -0.25) is 4.57 Å². The van der Waals surface area contributed by atoms with Gasteiger partial charge in [0, 0.05) is 14.6 Å². The van der Waals surface area contributed by atoms with Gasteiger partial charge in [-0.05, 0) is 50.2 Å². The summed E-state index contributed by atoms with van der Waals surface area (Å²) in [5.74, 6) is 0. The van der Waals surface area contributed by atoms with E-state index in [1.165, 1.54) is 0 Å². The molecule has 9 heteroatoms. The average Bonchev–Trinajstić information content (AvgIpc) is 2.57. The molecule has 0 saturated heterocycles. The molecule has 0 unspecified atom stereocenters. The first kappa shape index (κ1) is 21.1. The van der Waals surface area contributed by atoms with Crippen LogP contribution in [0.2, 0.25) is 0 Å². The van der Waals surface area contributed by atoms with Gasteiger partial charge in [0.1, 0.15) is 0 Å². The number of urea groups is 1. The number of amides is 2. The number of benzene rings is 2. The summed E-state index contributed by atoms with van der Waals surface area (Å²) >= 11 is 6.71. The van der Waals surface area contributed by atoms with E-state index in [1.807, 2.05) is 12.1 Å². The predicted octanol–water partition coefficient (Wildman–Crippen LogP) is 5.75. The van der Waals surface area contributed by atoms with Crippen molar-refractivity contribution >= 4 is 62.2 Å². The molecule has 0 heterocycles. The van der Waals surface area contributed by atoms with E-state index in [0.29, 0.717) is 21.2 Å². The highest BCUT2D eigenvalue weighted by atomic mass is 79.9. The number of rotatable bonds is 7. The molecule has 0 aliphatic heterocycles. The second-order valence-corrected chi connectivity index (χ2v) is 8.91. The van der Waals surface area contributed by atoms with Gasteiger partial charge in [0.15, 0.2) is 0 Å². The van der Waals surface area contributed by atoms with Gasteiger partial charge in [0.25, 0.3) is 0 Å². The molecule has 0 saturated carbocycles. The zero-order valence-corrected chi connectivity index (χ0v) is 18.4. The Balaban J connectivity index is 2.29. The minimum Gasteiger partial charge on any atom is -0.308 e. The minimum absolute atomic E-state index is 0.216. The van der Waals surface area contributed by atoms with Gasteiger partial charge in [-0.25, -0.2) is 4.79 Å². The van der Waals surface area contributed by atoms with E-state index >= 15 is 0 Å². The molecular formula is C17H19Br2N2O4P. The number of carbonyl (C=O) groups excluding carboxylic acids is 1. The van der Waals surface area contributed by atoms with Crippen molar-refractivity contribution in [2.75, 3.05) is 23.8 Å². The molecule has 2 rings (SSSR count). The molecule has 2 aromatic carbocycles. The Morgan fingerprint density at radius 1 is 1.00 bits per heavy atom. The minimum atomic E-state index is -3.56. The van der Waals surface area contributed by atoms with E-state index in [0.717, 1.165) is 4.47 Å². The number of anilines is 2. The number of hydrogen-bond donors (Lipinski definition) is 2. The molecule has 2 aromatic rings. The second kappa shape index (κ2) is 9.67. The molecule has 0 spiro atoms. The molecule has 0 fully saturated rings. The third kappa shape index (κ3) is 5.66. The maximum Gasteiger partial charge on any atom is 0.363 e. The van der Waals surface area contributed by atoms with Crippen molar-refractivity contribution in [2.45, 2.75) is 13.8 Å². The van der Waals surface area contributed by atoms with E-state index in [4.69, 9.17) is 9.05 Å². The van der Waals surface area contributed by atoms with E-state index in [9.17, 15) is 9.36 Å². The zero-order valence-electron chi connectivity index (χ0n) is 14.3. The summed E-state index contributed by atoms with van der Waals surface area (Å²) in [4.78, 5) is 12.4. The van der Waals surface area contributed by atoms with Crippen molar-refractivity contribution in [1.29, 1.82) is 0 Å². The fourth-order valence-electron chi connectivity index (χ4n) is 2.20. The van der Waals surface area contributed by atoms with Gasteiger partial charge in [-0.1, -0.05) is 37.9 Å². The van der Waals surface area contributed by atoms with Crippen LogP contribution in [-0.4, -0.2) is 19.2 Å². The first-order chi connectivity index (χ1) is 12.4. The van der Waals surface area contributed by atoms with Crippen molar-refractivity contribution in [3.8, 4) is 0 Å². The van der Waals surface area contributed by atoms with Crippen molar-refractivity contribution in [2.24, 2.45) is 0 Å².